The van der Waals surface area contributed by atoms with E-state index in [2.05, 4.69) is 43.1 Å². The number of anilines is 1. The highest BCUT2D eigenvalue weighted by atomic mass is 15.2. The van der Waals surface area contributed by atoms with Crippen LogP contribution in [0, 0.1) is 11.8 Å². The summed E-state index contributed by atoms with van der Waals surface area (Å²) < 4.78 is 0. The Morgan fingerprint density at radius 2 is 1.71 bits per heavy atom. The quantitative estimate of drug-likeness (QED) is 0.830. The van der Waals surface area contributed by atoms with Crippen LogP contribution in [-0.2, 0) is 6.54 Å². The fourth-order valence-electron chi connectivity index (χ4n) is 2.56. The van der Waals surface area contributed by atoms with E-state index in [1.165, 1.54) is 50.2 Å². The SMILES string of the molecule is CC(C)(C)NCc1ccc(N(CC2CC2)CC2CC2)nc1. The van der Waals surface area contributed by atoms with Gasteiger partial charge in [-0.15, -0.1) is 0 Å². The Morgan fingerprint density at radius 1 is 1.10 bits per heavy atom. The van der Waals surface area contributed by atoms with Gasteiger partial charge in [0.25, 0.3) is 0 Å². The average molecular weight is 287 g/mol. The summed E-state index contributed by atoms with van der Waals surface area (Å²) in [6.07, 6.45) is 7.69. The summed E-state index contributed by atoms with van der Waals surface area (Å²) in [4.78, 5) is 7.25. The molecule has 0 unspecified atom stereocenters. The van der Waals surface area contributed by atoms with E-state index in [4.69, 9.17) is 4.98 Å². The van der Waals surface area contributed by atoms with Crippen LogP contribution in [0.5, 0.6) is 0 Å². The van der Waals surface area contributed by atoms with Crippen molar-refractivity contribution >= 4 is 5.82 Å². The molecule has 0 atom stereocenters. The molecule has 0 aromatic carbocycles. The molecule has 0 bridgehead atoms. The molecule has 0 spiro atoms. The smallest absolute Gasteiger partial charge is 0.128 e. The molecule has 0 amide bonds. The molecule has 3 heteroatoms. The molecule has 0 radical (unpaired) electrons. The molecule has 2 saturated carbocycles. The van der Waals surface area contributed by atoms with Crippen LogP contribution >= 0.6 is 0 Å². The number of pyridine rings is 1. The molecule has 2 aliphatic rings. The Balaban J connectivity index is 1.59. The van der Waals surface area contributed by atoms with Gasteiger partial charge in [0.2, 0.25) is 0 Å². The number of nitrogens with one attached hydrogen (secondary N) is 1. The largest absolute Gasteiger partial charge is 0.356 e. The highest BCUT2D eigenvalue weighted by Gasteiger charge is 2.29. The van der Waals surface area contributed by atoms with Gasteiger partial charge in [-0.3, -0.25) is 0 Å². The van der Waals surface area contributed by atoms with E-state index in [1.54, 1.807) is 0 Å². The summed E-state index contributed by atoms with van der Waals surface area (Å²) >= 11 is 0. The molecular formula is C18H29N3. The van der Waals surface area contributed by atoms with Crippen molar-refractivity contribution in [3.05, 3.63) is 23.9 Å². The van der Waals surface area contributed by atoms with Crippen LogP contribution in [0.3, 0.4) is 0 Å². The lowest BCUT2D eigenvalue weighted by atomic mass is 10.1. The van der Waals surface area contributed by atoms with Gasteiger partial charge >= 0.3 is 0 Å². The van der Waals surface area contributed by atoms with Gasteiger partial charge in [-0.25, -0.2) is 4.98 Å². The summed E-state index contributed by atoms with van der Waals surface area (Å²) in [7, 11) is 0. The zero-order valence-corrected chi connectivity index (χ0v) is 13.7. The topological polar surface area (TPSA) is 28.2 Å². The second-order valence-electron chi connectivity index (χ2n) is 7.92. The van der Waals surface area contributed by atoms with E-state index < -0.39 is 0 Å². The van der Waals surface area contributed by atoms with Crippen LogP contribution in [0.1, 0.15) is 52.0 Å². The van der Waals surface area contributed by atoms with Gasteiger partial charge in [0.15, 0.2) is 0 Å². The van der Waals surface area contributed by atoms with Crippen molar-refractivity contribution in [3.8, 4) is 0 Å². The third-order valence-corrected chi connectivity index (χ3v) is 4.31. The minimum Gasteiger partial charge on any atom is -0.356 e. The third kappa shape index (κ3) is 4.99. The van der Waals surface area contributed by atoms with Crippen molar-refractivity contribution in [2.45, 2.75) is 58.5 Å². The first-order valence-corrected chi connectivity index (χ1v) is 8.44. The zero-order chi connectivity index (χ0) is 14.9. The Labute approximate surface area is 129 Å². The molecule has 2 aliphatic carbocycles. The molecular weight excluding hydrogens is 258 g/mol. The van der Waals surface area contributed by atoms with E-state index in [0.717, 1.165) is 18.4 Å². The Bertz CT molecular complexity index is 438. The Kier molecular flexibility index (Phi) is 4.21. The molecule has 0 aliphatic heterocycles. The molecule has 21 heavy (non-hydrogen) atoms. The summed E-state index contributed by atoms with van der Waals surface area (Å²) in [6.45, 7) is 9.90. The Hall–Kier alpha value is -1.09. The van der Waals surface area contributed by atoms with Crippen LogP contribution < -0.4 is 10.2 Å². The first-order valence-electron chi connectivity index (χ1n) is 8.44. The van der Waals surface area contributed by atoms with Gasteiger partial charge in [-0.05, 0) is 69.9 Å². The van der Waals surface area contributed by atoms with Crippen LogP contribution in [0.4, 0.5) is 5.82 Å². The van der Waals surface area contributed by atoms with Gasteiger partial charge in [0, 0.05) is 31.4 Å². The van der Waals surface area contributed by atoms with Gasteiger partial charge in [0.1, 0.15) is 5.82 Å². The monoisotopic (exact) mass is 287 g/mol. The van der Waals surface area contributed by atoms with E-state index in [9.17, 15) is 0 Å². The van der Waals surface area contributed by atoms with E-state index in [0.29, 0.717) is 0 Å². The lowest BCUT2D eigenvalue weighted by Crippen LogP contribution is -2.35. The van der Waals surface area contributed by atoms with Crippen molar-refractivity contribution in [2.75, 3.05) is 18.0 Å². The normalized spacial score (nSPS) is 18.8. The fourth-order valence-corrected chi connectivity index (χ4v) is 2.56. The maximum absolute atomic E-state index is 4.73. The predicted molar refractivity (Wildman–Crippen MR) is 88.5 cm³/mol. The summed E-state index contributed by atoms with van der Waals surface area (Å²) in [6, 6.07) is 4.44. The minimum atomic E-state index is 0.155. The maximum atomic E-state index is 4.73. The van der Waals surface area contributed by atoms with Gasteiger partial charge < -0.3 is 10.2 Å². The minimum absolute atomic E-state index is 0.155. The predicted octanol–water partition coefficient (Wildman–Crippen LogP) is 3.60. The summed E-state index contributed by atoms with van der Waals surface area (Å²) in [5.74, 6) is 3.02. The summed E-state index contributed by atoms with van der Waals surface area (Å²) in [5.41, 5.74) is 1.43. The number of aromatic nitrogens is 1. The number of hydrogen-bond acceptors (Lipinski definition) is 3. The standard InChI is InChI=1S/C18H29N3/c1-18(2,3)20-11-16-8-9-17(19-10-16)21(12-14-4-5-14)13-15-6-7-15/h8-10,14-15,20H,4-7,11-13H2,1-3H3. The van der Waals surface area contributed by atoms with Crippen LogP contribution in [0.15, 0.2) is 18.3 Å². The van der Waals surface area contributed by atoms with Crippen LogP contribution in [0.25, 0.3) is 0 Å². The molecule has 3 rings (SSSR count). The number of hydrogen-bond donors (Lipinski definition) is 1. The van der Waals surface area contributed by atoms with Crippen molar-refractivity contribution in [1.82, 2.24) is 10.3 Å². The molecule has 1 aromatic heterocycles. The van der Waals surface area contributed by atoms with E-state index in [-0.39, 0.29) is 5.54 Å². The van der Waals surface area contributed by atoms with Gasteiger partial charge in [-0.2, -0.15) is 0 Å². The molecule has 1 heterocycles. The molecule has 0 saturated heterocycles. The molecule has 2 fully saturated rings. The number of nitrogens with zero attached hydrogens (tertiary/aromatic N) is 2. The van der Waals surface area contributed by atoms with Gasteiger partial charge in [-0.1, -0.05) is 6.07 Å². The van der Waals surface area contributed by atoms with Crippen LogP contribution in [-0.4, -0.2) is 23.6 Å². The maximum Gasteiger partial charge on any atom is 0.128 e. The highest BCUT2D eigenvalue weighted by Crippen LogP contribution is 2.35. The fraction of sp³-hybridized carbons (Fsp3) is 0.722. The second-order valence-corrected chi connectivity index (χ2v) is 7.92. The van der Waals surface area contributed by atoms with Gasteiger partial charge in [0.05, 0.1) is 0 Å². The second kappa shape index (κ2) is 5.96. The lowest BCUT2D eigenvalue weighted by Gasteiger charge is -2.24. The Morgan fingerprint density at radius 3 is 2.14 bits per heavy atom. The van der Waals surface area contributed by atoms with Crippen molar-refractivity contribution in [1.29, 1.82) is 0 Å². The lowest BCUT2D eigenvalue weighted by molar-refractivity contribution is 0.424. The van der Waals surface area contributed by atoms with Crippen molar-refractivity contribution in [2.24, 2.45) is 11.8 Å². The van der Waals surface area contributed by atoms with E-state index >= 15 is 0 Å². The van der Waals surface area contributed by atoms with Crippen molar-refractivity contribution < 1.29 is 0 Å². The molecule has 116 valence electrons. The molecule has 1 aromatic rings. The first-order chi connectivity index (χ1) is 9.99. The van der Waals surface area contributed by atoms with Crippen molar-refractivity contribution in [3.63, 3.8) is 0 Å². The molecule has 1 N–H and O–H groups in total. The average Bonchev–Trinajstić information content (AvgIpc) is 3.31. The first kappa shape index (κ1) is 14.8. The number of rotatable bonds is 7. The van der Waals surface area contributed by atoms with E-state index in [1.807, 2.05) is 6.20 Å². The summed E-state index contributed by atoms with van der Waals surface area (Å²) in [5, 5.41) is 3.52. The highest BCUT2D eigenvalue weighted by molar-refractivity contribution is 5.40. The third-order valence-electron chi connectivity index (χ3n) is 4.31. The molecule has 3 nitrogen and oxygen atoms in total. The zero-order valence-electron chi connectivity index (χ0n) is 13.7. The van der Waals surface area contributed by atoms with Crippen LogP contribution in [0.2, 0.25) is 0 Å².